The van der Waals surface area contributed by atoms with E-state index in [1.807, 2.05) is 29.9 Å². The number of nitrogens with two attached hydrogens (primary N) is 1. The molecule has 2 N–H and O–H groups in total. The molecule has 0 aliphatic rings. The highest BCUT2D eigenvalue weighted by atomic mass is 79.9. The number of aryl methyl sites for hydroxylation is 2. The summed E-state index contributed by atoms with van der Waals surface area (Å²) in [6, 6.07) is 5.64. The Morgan fingerprint density at radius 1 is 1.38 bits per heavy atom. The Morgan fingerprint density at radius 2 is 2.14 bits per heavy atom. The minimum absolute atomic E-state index is 0.402. The average Bonchev–Trinajstić information content (AvgIpc) is 2.79. The Hall–Kier alpha value is -1.53. The van der Waals surface area contributed by atoms with Gasteiger partial charge >= 0.3 is 0 Å². The number of hydrogen-bond acceptors (Lipinski definition) is 4. The molecular weight excluding hydrogens is 334 g/mol. The van der Waals surface area contributed by atoms with Gasteiger partial charge in [-0.15, -0.1) is 0 Å². The SMILES string of the molecule is CCc1nn(C)c(COc2ccc(OC)cc2CN)c1Br. The monoisotopic (exact) mass is 353 g/mol. The molecule has 114 valence electrons. The molecule has 1 aromatic carbocycles. The van der Waals surface area contributed by atoms with E-state index in [-0.39, 0.29) is 0 Å². The van der Waals surface area contributed by atoms with Crippen LogP contribution in [0.25, 0.3) is 0 Å². The summed E-state index contributed by atoms with van der Waals surface area (Å²) >= 11 is 3.59. The summed E-state index contributed by atoms with van der Waals surface area (Å²) in [6.45, 7) is 2.91. The van der Waals surface area contributed by atoms with Crippen LogP contribution >= 0.6 is 15.9 Å². The Morgan fingerprint density at radius 3 is 2.71 bits per heavy atom. The lowest BCUT2D eigenvalue weighted by atomic mass is 10.2. The third kappa shape index (κ3) is 3.39. The maximum Gasteiger partial charge on any atom is 0.131 e. The fourth-order valence-corrected chi connectivity index (χ4v) is 2.84. The maximum absolute atomic E-state index is 5.91. The van der Waals surface area contributed by atoms with Gasteiger partial charge < -0.3 is 15.2 Å². The van der Waals surface area contributed by atoms with Crippen molar-refractivity contribution in [2.24, 2.45) is 12.8 Å². The molecule has 2 aromatic rings. The standard InChI is InChI=1S/C15H20BrN3O2/c1-4-12-15(16)13(19(2)18-12)9-21-14-6-5-11(20-3)7-10(14)8-17/h5-7H,4,8-9,17H2,1-3H3. The first-order chi connectivity index (χ1) is 10.1. The molecule has 1 aromatic heterocycles. The van der Waals surface area contributed by atoms with Crippen LogP contribution in [-0.2, 0) is 26.6 Å². The van der Waals surface area contributed by atoms with Crippen molar-refractivity contribution in [3.8, 4) is 11.5 Å². The van der Waals surface area contributed by atoms with Gasteiger partial charge in [0.25, 0.3) is 0 Å². The summed E-state index contributed by atoms with van der Waals surface area (Å²) in [5.41, 5.74) is 8.72. The average molecular weight is 354 g/mol. The van der Waals surface area contributed by atoms with Crippen molar-refractivity contribution < 1.29 is 9.47 Å². The highest BCUT2D eigenvalue weighted by Gasteiger charge is 2.14. The van der Waals surface area contributed by atoms with Crippen LogP contribution in [0.4, 0.5) is 0 Å². The molecule has 0 atom stereocenters. The van der Waals surface area contributed by atoms with Crippen molar-refractivity contribution in [2.45, 2.75) is 26.5 Å². The van der Waals surface area contributed by atoms with E-state index in [2.05, 4.69) is 28.0 Å². The van der Waals surface area contributed by atoms with E-state index in [4.69, 9.17) is 15.2 Å². The summed E-state index contributed by atoms with van der Waals surface area (Å²) in [6.07, 6.45) is 0.880. The van der Waals surface area contributed by atoms with E-state index in [0.717, 1.165) is 39.3 Å². The molecule has 0 saturated carbocycles. The van der Waals surface area contributed by atoms with Gasteiger partial charge in [-0.2, -0.15) is 5.10 Å². The van der Waals surface area contributed by atoms with Gasteiger partial charge in [0.2, 0.25) is 0 Å². The van der Waals surface area contributed by atoms with E-state index in [1.54, 1.807) is 7.11 Å². The maximum atomic E-state index is 5.91. The molecule has 0 spiro atoms. The lowest BCUT2D eigenvalue weighted by Gasteiger charge is -2.12. The highest BCUT2D eigenvalue weighted by molar-refractivity contribution is 9.10. The number of halogens is 1. The normalized spacial score (nSPS) is 10.7. The van der Waals surface area contributed by atoms with E-state index >= 15 is 0 Å². The number of aromatic nitrogens is 2. The summed E-state index contributed by atoms with van der Waals surface area (Å²) in [5.74, 6) is 1.54. The van der Waals surface area contributed by atoms with Crippen molar-refractivity contribution in [1.29, 1.82) is 0 Å². The lowest BCUT2D eigenvalue weighted by Crippen LogP contribution is -2.06. The molecule has 1 heterocycles. The van der Waals surface area contributed by atoms with Crippen LogP contribution in [0.3, 0.4) is 0 Å². The van der Waals surface area contributed by atoms with Gasteiger partial charge in [0.15, 0.2) is 0 Å². The van der Waals surface area contributed by atoms with Crippen LogP contribution in [0.2, 0.25) is 0 Å². The zero-order chi connectivity index (χ0) is 15.4. The molecule has 5 nitrogen and oxygen atoms in total. The van der Waals surface area contributed by atoms with Gasteiger partial charge in [0, 0.05) is 19.2 Å². The van der Waals surface area contributed by atoms with Crippen molar-refractivity contribution >= 4 is 15.9 Å². The Balaban J connectivity index is 2.18. The minimum Gasteiger partial charge on any atom is -0.497 e. The highest BCUT2D eigenvalue weighted by Crippen LogP contribution is 2.27. The van der Waals surface area contributed by atoms with E-state index in [0.29, 0.717) is 13.2 Å². The van der Waals surface area contributed by atoms with E-state index < -0.39 is 0 Å². The quantitative estimate of drug-likeness (QED) is 0.867. The first-order valence-corrected chi connectivity index (χ1v) is 7.60. The second-order valence-electron chi connectivity index (χ2n) is 4.65. The summed E-state index contributed by atoms with van der Waals surface area (Å²) in [4.78, 5) is 0. The number of benzene rings is 1. The van der Waals surface area contributed by atoms with Crippen molar-refractivity contribution in [1.82, 2.24) is 9.78 Å². The van der Waals surface area contributed by atoms with Gasteiger partial charge in [0.1, 0.15) is 18.1 Å². The molecular formula is C15H20BrN3O2. The molecule has 6 heteroatoms. The van der Waals surface area contributed by atoms with Crippen LogP contribution in [0, 0.1) is 0 Å². The van der Waals surface area contributed by atoms with Crippen molar-refractivity contribution in [2.75, 3.05) is 7.11 Å². The molecule has 0 unspecified atom stereocenters. The number of methoxy groups -OCH3 is 1. The molecule has 0 bridgehead atoms. The van der Waals surface area contributed by atoms with E-state index in [9.17, 15) is 0 Å². The second kappa shape index (κ2) is 6.95. The Kier molecular flexibility index (Phi) is 5.25. The number of nitrogens with zero attached hydrogens (tertiary/aromatic N) is 2. The second-order valence-corrected chi connectivity index (χ2v) is 5.44. The minimum atomic E-state index is 0.402. The number of hydrogen-bond donors (Lipinski definition) is 1. The molecule has 0 amide bonds. The first kappa shape index (κ1) is 15.9. The van der Waals surface area contributed by atoms with Gasteiger partial charge in [-0.3, -0.25) is 4.68 Å². The molecule has 0 saturated heterocycles. The number of rotatable bonds is 6. The predicted octanol–water partition coefficient (Wildman–Crippen LogP) is 2.79. The van der Waals surface area contributed by atoms with Crippen LogP contribution in [0.15, 0.2) is 22.7 Å². The van der Waals surface area contributed by atoms with Gasteiger partial charge in [-0.25, -0.2) is 0 Å². The number of ether oxygens (including phenoxy) is 2. The Labute approximate surface area is 133 Å². The largest absolute Gasteiger partial charge is 0.497 e. The zero-order valence-electron chi connectivity index (χ0n) is 12.5. The topological polar surface area (TPSA) is 62.3 Å². The molecule has 21 heavy (non-hydrogen) atoms. The van der Waals surface area contributed by atoms with Gasteiger partial charge in [0.05, 0.1) is 23.0 Å². The van der Waals surface area contributed by atoms with Crippen molar-refractivity contribution in [3.05, 3.63) is 39.6 Å². The van der Waals surface area contributed by atoms with Crippen LogP contribution in [-0.4, -0.2) is 16.9 Å². The summed E-state index contributed by atoms with van der Waals surface area (Å²) < 4.78 is 14.0. The fourth-order valence-electron chi connectivity index (χ4n) is 2.11. The predicted molar refractivity (Wildman–Crippen MR) is 85.5 cm³/mol. The third-order valence-electron chi connectivity index (χ3n) is 3.35. The van der Waals surface area contributed by atoms with Crippen molar-refractivity contribution in [3.63, 3.8) is 0 Å². The van der Waals surface area contributed by atoms with Crippen LogP contribution in [0.5, 0.6) is 11.5 Å². The lowest BCUT2D eigenvalue weighted by molar-refractivity contribution is 0.290. The van der Waals surface area contributed by atoms with Crippen LogP contribution < -0.4 is 15.2 Å². The summed E-state index contributed by atoms with van der Waals surface area (Å²) in [7, 11) is 3.55. The first-order valence-electron chi connectivity index (χ1n) is 6.80. The van der Waals surface area contributed by atoms with Gasteiger partial charge in [-0.1, -0.05) is 6.92 Å². The molecule has 2 rings (SSSR count). The Bertz CT molecular complexity index is 626. The van der Waals surface area contributed by atoms with Crippen LogP contribution in [0.1, 0.15) is 23.9 Å². The summed E-state index contributed by atoms with van der Waals surface area (Å²) in [5, 5.41) is 4.46. The molecule has 0 aliphatic carbocycles. The third-order valence-corrected chi connectivity index (χ3v) is 4.27. The fraction of sp³-hybridized carbons (Fsp3) is 0.400. The van der Waals surface area contributed by atoms with Gasteiger partial charge in [-0.05, 0) is 40.5 Å². The smallest absolute Gasteiger partial charge is 0.131 e. The molecule has 0 aliphatic heterocycles. The zero-order valence-corrected chi connectivity index (χ0v) is 14.1. The molecule has 0 fully saturated rings. The van der Waals surface area contributed by atoms with E-state index in [1.165, 1.54) is 0 Å². The molecule has 0 radical (unpaired) electrons.